The van der Waals surface area contributed by atoms with E-state index in [-0.39, 0.29) is 34.5 Å². The van der Waals surface area contributed by atoms with Crippen molar-refractivity contribution in [1.82, 2.24) is 10.1 Å². The minimum absolute atomic E-state index is 0.0283. The summed E-state index contributed by atoms with van der Waals surface area (Å²) >= 11 is 0. The van der Waals surface area contributed by atoms with Crippen LogP contribution in [0, 0.1) is 10.1 Å². The van der Waals surface area contributed by atoms with E-state index in [0.717, 1.165) is 6.07 Å². The van der Waals surface area contributed by atoms with Crippen LogP contribution in [0.25, 0.3) is 11.4 Å². The molecule has 0 saturated carbocycles. The number of nitro groups is 1. The fourth-order valence-corrected chi connectivity index (χ4v) is 2.47. The summed E-state index contributed by atoms with van der Waals surface area (Å²) in [6.45, 7) is -3.43. The quantitative estimate of drug-likeness (QED) is 0.241. The Morgan fingerprint density at radius 3 is 2.71 bits per heavy atom. The summed E-state index contributed by atoms with van der Waals surface area (Å²) in [7, 11) is 1.28. The molecule has 162 valence electrons. The number of nitrogens with two attached hydrogens (primary N) is 1. The first-order valence-corrected chi connectivity index (χ1v) is 8.45. The molecule has 0 saturated heterocycles. The highest BCUT2D eigenvalue weighted by Gasteiger charge is 2.19. The molecule has 0 atom stereocenters. The number of ether oxygens (including phenoxy) is 3. The van der Waals surface area contributed by atoms with Gasteiger partial charge in [-0.3, -0.25) is 10.1 Å². The minimum atomic E-state index is -3.02. The second-order valence-electron chi connectivity index (χ2n) is 5.86. The maximum atomic E-state index is 12.4. The Labute approximate surface area is 172 Å². The molecule has 0 radical (unpaired) electrons. The summed E-state index contributed by atoms with van der Waals surface area (Å²) in [5.41, 5.74) is 5.25. The topological polar surface area (TPSA) is 153 Å². The van der Waals surface area contributed by atoms with Crippen molar-refractivity contribution < 1.29 is 37.2 Å². The summed E-state index contributed by atoms with van der Waals surface area (Å²) in [6.07, 6.45) is 0. The highest BCUT2D eigenvalue weighted by Crippen LogP contribution is 2.32. The van der Waals surface area contributed by atoms with Crippen LogP contribution in [-0.2, 0) is 11.3 Å². The Morgan fingerprint density at radius 1 is 1.26 bits per heavy atom. The lowest BCUT2D eigenvalue weighted by Crippen LogP contribution is -2.07. The first-order chi connectivity index (χ1) is 14.8. The van der Waals surface area contributed by atoms with E-state index < -0.39 is 29.8 Å². The molecule has 3 rings (SSSR count). The minimum Gasteiger partial charge on any atom is -0.493 e. The zero-order valence-electron chi connectivity index (χ0n) is 15.8. The molecule has 3 aromatic rings. The van der Waals surface area contributed by atoms with Crippen LogP contribution >= 0.6 is 0 Å². The summed E-state index contributed by atoms with van der Waals surface area (Å²) < 4.78 is 44.2. The normalized spacial score (nSPS) is 10.7. The molecule has 0 aliphatic carbocycles. The molecule has 31 heavy (non-hydrogen) atoms. The lowest BCUT2D eigenvalue weighted by Gasteiger charge is -2.10. The lowest BCUT2D eigenvalue weighted by atomic mass is 10.2. The standard InChI is InChI=1S/C18H14F2N4O7/c1-28-14-7-9(3-5-13(14)30-18(19)20)16-22-15(31-23-16)8-29-17(25)10-2-4-11(21)12(6-10)24(26)27/h2-7,18H,8,21H2,1H3. The van der Waals surface area contributed by atoms with Gasteiger partial charge in [0.05, 0.1) is 17.6 Å². The Hall–Kier alpha value is -4.29. The number of carbonyl (C=O) groups excluding carboxylic acids is 1. The van der Waals surface area contributed by atoms with E-state index in [0.29, 0.717) is 5.56 Å². The number of rotatable bonds is 8. The van der Waals surface area contributed by atoms with E-state index in [1.54, 1.807) is 0 Å². The highest BCUT2D eigenvalue weighted by atomic mass is 19.3. The van der Waals surface area contributed by atoms with Gasteiger partial charge in [0, 0.05) is 11.6 Å². The predicted octanol–water partition coefficient (Wildman–Crippen LogP) is 3.19. The van der Waals surface area contributed by atoms with Crippen molar-refractivity contribution in [2.75, 3.05) is 12.8 Å². The number of nitro benzene ring substituents is 1. The van der Waals surface area contributed by atoms with Gasteiger partial charge >= 0.3 is 12.6 Å². The van der Waals surface area contributed by atoms with Crippen molar-refractivity contribution in [3.63, 3.8) is 0 Å². The van der Waals surface area contributed by atoms with Gasteiger partial charge in [0.2, 0.25) is 5.82 Å². The van der Waals surface area contributed by atoms with Crippen LogP contribution in [0.2, 0.25) is 0 Å². The first-order valence-electron chi connectivity index (χ1n) is 8.45. The molecular weight excluding hydrogens is 422 g/mol. The molecule has 0 unspecified atom stereocenters. The number of hydrogen-bond donors (Lipinski definition) is 1. The third-order valence-electron chi connectivity index (χ3n) is 3.90. The zero-order chi connectivity index (χ0) is 22.5. The first kappa shape index (κ1) is 21.4. The maximum absolute atomic E-state index is 12.4. The molecule has 0 aliphatic rings. The largest absolute Gasteiger partial charge is 0.493 e. The van der Waals surface area contributed by atoms with Crippen LogP contribution < -0.4 is 15.2 Å². The van der Waals surface area contributed by atoms with Gasteiger partial charge in [-0.1, -0.05) is 5.16 Å². The Morgan fingerprint density at radius 2 is 2.03 bits per heavy atom. The molecule has 11 nitrogen and oxygen atoms in total. The van der Waals surface area contributed by atoms with Gasteiger partial charge in [-0.15, -0.1) is 0 Å². The summed E-state index contributed by atoms with van der Waals surface area (Å²) in [5, 5.41) is 14.6. The zero-order valence-corrected chi connectivity index (χ0v) is 15.8. The van der Waals surface area contributed by atoms with Crippen LogP contribution in [0.5, 0.6) is 11.5 Å². The number of hydrogen-bond acceptors (Lipinski definition) is 10. The summed E-state index contributed by atoms with van der Waals surface area (Å²) in [4.78, 5) is 26.4. The average Bonchev–Trinajstić information content (AvgIpc) is 3.21. The Kier molecular flexibility index (Phi) is 6.23. The van der Waals surface area contributed by atoms with E-state index in [4.69, 9.17) is 19.7 Å². The molecule has 1 heterocycles. The number of anilines is 1. The highest BCUT2D eigenvalue weighted by molar-refractivity contribution is 5.91. The number of halogens is 2. The van der Waals surface area contributed by atoms with Crippen molar-refractivity contribution >= 4 is 17.3 Å². The lowest BCUT2D eigenvalue weighted by molar-refractivity contribution is -0.383. The van der Waals surface area contributed by atoms with Crippen molar-refractivity contribution in [3.05, 3.63) is 58.0 Å². The molecule has 0 aliphatic heterocycles. The van der Waals surface area contributed by atoms with Gasteiger partial charge in [0.15, 0.2) is 18.1 Å². The fourth-order valence-electron chi connectivity index (χ4n) is 2.47. The maximum Gasteiger partial charge on any atom is 0.387 e. The van der Waals surface area contributed by atoms with E-state index >= 15 is 0 Å². The molecule has 13 heteroatoms. The second-order valence-corrected chi connectivity index (χ2v) is 5.86. The van der Waals surface area contributed by atoms with Gasteiger partial charge in [-0.2, -0.15) is 13.8 Å². The second kappa shape index (κ2) is 9.02. The molecule has 1 aromatic heterocycles. The molecule has 0 amide bonds. The molecule has 0 fully saturated rings. The van der Waals surface area contributed by atoms with Crippen LogP contribution in [0.4, 0.5) is 20.2 Å². The fraction of sp³-hybridized carbons (Fsp3) is 0.167. The van der Waals surface area contributed by atoms with Crippen LogP contribution in [0.1, 0.15) is 16.2 Å². The summed E-state index contributed by atoms with van der Waals surface area (Å²) in [6, 6.07) is 7.52. The van der Waals surface area contributed by atoms with Gasteiger partial charge in [-0.25, -0.2) is 4.79 Å². The average molecular weight is 436 g/mol. The number of methoxy groups -OCH3 is 1. The van der Waals surface area contributed by atoms with Crippen LogP contribution in [0.3, 0.4) is 0 Å². The number of carbonyl (C=O) groups is 1. The van der Waals surface area contributed by atoms with Gasteiger partial charge in [-0.05, 0) is 30.3 Å². The van der Waals surface area contributed by atoms with Gasteiger partial charge in [0.1, 0.15) is 5.69 Å². The number of benzene rings is 2. The monoisotopic (exact) mass is 436 g/mol. The van der Waals surface area contributed by atoms with E-state index in [9.17, 15) is 23.7 Å². The van der Waals surface area contributed by atoms with Gasteiger partial charge < -0.3 is 24.5 Å². The molecule has 2 N–H and O–H groups in total. The molecule has 2 aromatic carbocycles. The number of nitrogen functional groups attached to an aromatic ring is 1. The molecule has 0 bridgehead atoms. The number of nitrogens with zero attached hydrogens (tertiary/aromatic N) is 3. The Bertz CT molecular complexity index is 1120. The molecule has 0 spiro atoms. The Balaban J connectivity index is 1.70. The third kappa shape index (κ3) is 5.01. The number of esters is 1. The third-order valence-corrected chi connectivity index (χ3v) is 3.90. The van der Waals surface area contributed by atoms with E-state index in [1.807, 2.05) is 0 Å². The smallest absolute Gasteiger partial charge is 0.387 e. The summed E-state index contributed by atoms with van der Waals surface area (Å²) in [5.74, 6) is -0.994. The number of alkyl halides is 2. The van der Waals surface area contributed by atoms with Crippen molar-refractivity contribution in [2.45, 2.75) is 13.2 Å². The SMILES string of the molecule is COc1cc(-c2noc(COC(=O)c3ccc(N)c([N+](=O)[O-])c3)n2)ccc1OC(F)F. The number of aromatic nitrogens is 2. The van der Waals surface area contributed by atoms with Gasteiger partial charge in [0.25, 0.3) is 11.6 Å². The van der Waals surface area contributed by atoms with Crippen LogP contribution in [-0.4, -0.2) is 34.8 Å². The van der Waals surface area contributed by atoms with Crippen LogP contribution in [0.15, 0.2) is 40.9 Å². The van der Waals surface area contributed by atoms with E-state index in [2.05, 4.69) is 14.9 Å². The molecular formula is C18H14F2N4O7. The van der Waals surface area contributed by atoms with Crippen molar-refractivity contribution in [3.8, 4) is 22.9 Å². The predicted molar refractivity (Wildman–Crippen MR) is 99.5 cm³/mol. The van der Waals surface area contributed by atoms with E-state index in [1.165, 1.54) is 37.4 Å². The van der Waals surface area contributed by atoms with Crippen molar-refractivity contribution in [1.29, 1.82) is 0 Å². The van der Waals surface area contributed by atoms with Crippen molar-refractivity contribution in [2.24, 2.45) is 0 Å².